The summed E-state index contributed by atoms with van der Waals surface area (Å²) in [4.78, 5) is 28.7. The zero-order valence-corrected chi connectivity index (χ0v) is 12.5. The van der Waals surface area contributed by atoms with Gasteiger partial charge in [-0.1, -0.05) is 0 Å². The van der Waals surface area contributed by atoms with Gasteiger partial charge in [0.2, 0.25) is 0 Å². The maximum absolute atomic E-state index is 11.5. The van der Waals surface area contributed by atoms with Gasteiger partial charge < -0.3 is 4.74 Å². The van der Waals surface area contributed by atoms with Gasteiger partial charge in [0.25, 0.3) is 5.69 Å². The second-order valence-electron chi connectivity index (χ2n) is 5.36. The van der Waals surface area contributed by atoms with Gasteiger partial charge in [-0.15, -0.1) is 0 Å². The summed E-state index contributed by atoms with van der Waals surface area (Å²) >= 11 is 0. The van der Waals surface area contributed by atoms with Crippen LogP contribution < -0.4 is 0 Å². The van der Waals surface area contributed by atoms with E-state index in [1.54, 1.807) is 13.8 Å². The first-order valence-electron chi connectivity index (χ1n) is 6.83. The van der Waals surface area contributed by atoms with E-state index in [0.29, 0.717) is 29.9 Å². The maximum atomic E-state index is 11.5. The van der Waals surface area contributed by atoms with Crippen molar-refractivity contribution in [2.24, 2.45) is 5.92 Å². The molecule has 1 aromatic heterocycles. The van der Waals surface area contributed by atoms with Crippen LogP contribution in [-0.2, 0) is 16.1 Å². The lowest BCUT2D eigenvalue weighted by atomic mass is 10.1. The number of rotatable bonds is 4. The Bertz CT molecular complexity index is 574. The highest BCUT2D eigenvalue weighted by molar-refractivity contribution is 5.72. The van der Waals surface area contributed by atoms with Crippen molar-refractivity contribution >= 4 is 11.7 Å². The van der Waals surface area contributed by atoms with Crippen molar-refractivity contribution in [3.63, 3.8) is 0 Å². The molecule has 114 valence electrons. The van der Waals surface area contributed by atoms with Gasteiger partial charge in [0.05, 0.1) is 23.6 Å². The molecule has 1 atom stereocenters. The van der Waals surface area contributed by atoms with E-state index in [1.165, 1.54) is 13.3 Å². The van der Waals surface area contributed by atoms with Crippen molar-refractivity contribution in [2.75, 3.05) is 20.2 Å². The molecule has 2 rings (SSSR count). The lowest BCUT2D eigenvalue weighted by Crippen LogP contribution is -2.24. The smallest absolute Gasteiger partial charge is 0.310 e. The number of esters is 1. The molecule has 1 aliphatic heterocycles. The normalized spacial score (nSPS) is 18.7. The second-order valence-corrected chi connectivity index (χ2v) is 5.36. The van der Waals surface area contributed by atoms with Crippen LogP contribution >= 0.6 is 0 Å². The molecule has 1 aliphatic rings. The fourth-order valence-corrected chi connectivity index (χ4v) is 2.75. The van der Waals surface area contributed by atoms with E-state index in [2.05, 4.69) is 9.88 Å². The molecule has 0 aliphatic carbocycles. The number of carbonyl (C=O) groups excluding carboxylic acids is 1. The molecule has 0 amide bonds. The Morgan fingerprint density at radius 1 is 1.57 bits per heavy atom. The summed E-state index contributed by atoms with van der Waals surface area (Å²) < 4.78 is 4.75. The SMILES string of the molecule is COC(=O)C1CCN(Cc2ncc(C)c([N+](=O)[O-])c2C)C1. The molecular formula is C14H19N3O4. The van der Waals surface area contributed by atoms with Crippen LogP contribution in [0.25, 0.3) is 0 Å². The maximum Gasteiger partial charge on any atom is 0.310 e. The number of aryl methyl sites for hydroxylation is 1. The monoisotopic (exact) mass is 293 g/mol. The van der Waals surface area contributed by atoms with Gasteiger partial charge in [-0.2, -0.15) is 0 Å². The zero-order chi connectivity index (χ0) is 15.6. The van der Waals surface area contributed by atoms with Gasteiger partial charge in [-0.3, -0.25) is 24.8 Å². The van der Waals surface area contributed by atoms with Crippen molar-refractivity contribution < 1.29 is 14.5 Å². The Balaban J connectivity index is 2.13. The first-order chi connectivity index (χ1) is 9.93. The van der Waals surface area contributed by atoms with Crippen LogP contribution in [-0.4, -0.2) is 41.0 Å². The fraction of sp³-hybridized carbons (Fsp3) is 0.571. The van der Waals surface area contributed by atoms with Gasteiger partial charge in [-0.25, -0.2) is 0 Å². The number of methoxy groups -OCH3 is 1. The third-order valence-electron chi connectivity index (χ3n) is 3.94. The molecule has 7 nitrogen and oxygen atoms in total. The second kappa shape index (κ2) is 6.17. The third-order valence-corrected chi connectivity index (χ3v) is 3.94. The van der Waals surface area contributed by atoms with Gasteiger partial charge in [0.1, 0.15) is 0 Å². The standard InChI is InChI=1S/C14H19N3O4/c1-9-6-15-12(10(2)13(9)17(19)20)8-16-5-4-11(7-16)14(18)21-3/h6,11H,4-5,7-8H2,1-3H3. The molecule has 0 aromatic carbocycles. The van der Waals surface area contributed by atoms with E-state index in [9.17, 15) is 14.9 Å². The minimum Gasteiger partial charge on any atom is -0.469 e. The van der Waals surface area contributed by atoms with E-state index in [-0.39, 0.29) is 22.5 Å². The number of carbonyl (C=O) groups is 1. The van der Waals surface area contributed by atoms with Gasteiger partial charge in [0.15, 0.2) is 0 Å². The van der Waals surface area contributed by atoms with E-state index in [0.717, 1.165) is 13.0 Å². The number of aromatic nitrogens is 1. The molecule has 21 heavy (non-hydrogen) atoms. The molecule has 1 fully saturated rings. The summed E-state index contributed by atoms with van der Waals surface area (Å²) in [6.07, 6.45) is 2.29. The van der Waals surface area contributed by atoms with Crippen LogP contribution in [0.2, 0.25) is 0 Å². The molecule has 0 saturated carbocycles. The Morgan fingerprint density at radius 3 is 2.90 bits per heavy atom. The van der Waals surface area contributed by atoms with Crippen LogP contribution in [0.3, 0.4) is 0 Å². The highest BCUT2D eigenvalue weighted by Gasteiger charge is 2.30. The molecule has 0 radical (unpaired) electrons. The van der Waals surface area contributed by atoms with Gasteiger partial charge >= 0.3 is 5.97 Å². The molecule has 0 bridgehead atoms. The highest BCUT2D eigenvalue weighted by Crippen LogP contribution is 2.26. The van der Waals surface area contributed by atoms with Crippen molar-refractivity contribution in [3.05, 3.63) is 33.1 Å². The molecule has 0 spiro atoms. The average molecular weight is 293 g/mol. The summed E-state index contributed by atoms with van der Waals surface area (Å²) in [6.45, 7) is 5.30. The lowest BCUT2D eigenvalue weighted by Gasteiger charge is -2.16. The van der Waals surface area contributed by atoms with Crippen LogP contribution in [0.1, 0.15) is 23.2 Å². The zero-order valence-electron chi connectivity index (χ0n) is 12.5. The predicted octanol–water partition coefficient (Wildman–Crippen LogP) is 1.60. The summed E-state index contributed by atoms with van der Waals surface area (Å²) in [5.41, 5.74) is 1.98. The van der Waals surface area contributed by atoms with E-state index in [1.807, 2.05) is 0 Å². The van der Waals surface area contributed by atoms with E-state index >= 15 is 0 Å². The van der Waals surface area contributed by atoms with Gasteiger partial charge in [0, 0.05) is 30.4 Å². The number of hydrogen-bond acceptors (Lipinski definition) is 6. The van der Waals surface area contributed by atoms with Crippen molar-refractivity contribution in [1.82, 2.24) is 9.88 Å². The quantitative estimate of drug-likeness (QED) is 0.476. The molecule has 0 N–H and O–H groups in total. The predicted molar refractivity (Wildman–Crippen MR) is 75.8 cm³/mol. The van der Waals surface area contributed by atoms with Crippen molar-refractivity contribution in [1.29, 1.82) is 0 Å². The van der Waals surface area contributed by atoms with Crippen LogP contribution in [0.5, 0.6) is 0 Å². The first kappa shape index (κ1) is 15.4. The van der Waals surface area contributed by atoms with Crippen LogP contribution in [0.4, 0.5) is 5.69 Å². The number of likely N-dealkylation sites (tertiary alicyclic amines) is 1. The van der Waals surface area contributed by atoms with Crippen molar-refractivity contribution in [2.45, 2.75) is 26.8 Å². The summed E-state index contributed by atoms with van der Waals surface area (Å²) in [6, 6.07) is 0. The summed E-state index contributed by atoms with van der Waals surface area (Å²) in [5, 5.41) is 11.1. The van der Waals surface area contributed by atoms with Gasteiger partial charge in [-0.05, 0) is 26.8 Å². The lowest BCUT2D eigenvalue weighted by molar-refractivity contribution is -0.386. The molecule has 7 heteroatoms. The Labute approximate surface area is 123 Å². The summed E-state index contributed by atoms with van der Waals surface area (Å²) in [5.74, 6) is -0.312. The Kier molecular flexibility index (Phi) is 4.52. The molecule has 1 unspecified atom stereocenters. The minimum absolute atomic E-state index is 0.115. The number of nitro groups is 1. The summed E-state index contributed by atoms with van der Waals surface area (Å²) in [7, 11) is 1.39. The molecular weight excluding hydrogens is 274 g/mol. The Morgan fingerprint density at radius 2 is 2.29 bits per heavy atom. The van der Waals surface area contributed by atoms with Crippen LogP contribution in [0.15, 0.2) is 6.20 Å². The van der Waals surface area contributed by atoms with Crippen LogP contribution in [0, 0.1) is 29.9 Å². The number of ether oxygens (including phenoxy) is 1. The number of pyridine rings is 1. The minimum atomic E-state index is -0.364. The molecule has 2 heterocycles. The largest absolute Gasteiger partial charge is 0.469 e. The first-order valence-corrected chi connectivity index (χ1v) is 6.83. The molecule has 1 saturated heterocycles. The number of nitrogens with zero attached hydrogens (tertiary/aromatic N) is 3. The van der Waals surface area contributed by atoms with E-state index in [4.69, 9.17) is 4.74 Å². The topological polar surface area (TPSA) is 85.6 Å². The fourth-order valence-electron chi connectivity index (χ4n) is 2.75. The van der Waals surface area contributed by atoms with Crippen molar-refractivity contribution in [3.8, 4) is 0 Å². The average Bonchev–Trinajstić information content (AvgIpc) is 2.89. The van der Waals surface area contributed by atoms with E-state index < -0.39 is 0 Å². The molecule has 1 aromatic rings. The third kappa shape index (κ3) is 3.18. The number of hydrogen-bond donors (Lipinski definition) is 0. The highest BCUT2D eigenvalue weighted by atomic mass is 16.6. The Hall–Kier alpha value is -2.02.